The molecule has 0 fully saturated rings. The van der Waals surface area contributed by atoms with Gasteiger partial charge >= 0.3 is 5.97 Å². The fourth-order valence-electron chi connectivity index (χ4n) is 1.09. The van der Waals surface area contributed by atoms with E-state index in [1.807, 2.05) is 0 Å². The summed E-state index contributed by atoms with van der Waals surface area (Å²) in [5.74, 6) is -0.787. The van der Waals surface area contributed by atoms with Gasteiger partial charge in [0.2, 0.25) is 10.0 Å². The third-order valence-electron chi connectivity index (χ3n) is 1.93. The van der Waals surface area contributed by atoms with E-state index < -0.39 is 16.0 Å². The van der Waals surface area contributed by atoms with Gasteiger partial charge in [0, 0.05) is 18.3 Å². The molecule has 96 valence electrons. The third kappa shape index (κ3) is 5.45. The number of rotatable bonds is 7. The molecule has 1 heterocycles. The van der Waals surface area contributed by atoms with Gasteiger partial charge in [0.25, 0.3) is 0 Å². The van der Waals surface area contributed by atoms with Crippen molar-refractivity contribution in [1.82, 2.24) is 14.9 Å². The molecule has 17 heavy (non-hydrogen) atoms. The van der Waals surface area contributed by atoms with Crippen LogP contribution in [0.2, 0.25) is 0 Å². The zero-order chi connectivity index (χ0) is 12.7. The molecule has 0 spiro atoms. The van der Waals surface area contributed by atoms with Crippen LogP contribution in [0.3, 0.4) is 0 Å². The number of hydrogen-bond acceptors (Lipinski definition) is 5. The zero-order valence-electron chi connectivity index (χ0n) is 9.47. The summed E-state index contributed by atoms with van der Waals surface area (Å²) < 4.78 is 30.0. The molecule has 0 saturated carbocycles. The summed E-state index contributed by atoms with van der Waals surface area (Å²) in [6.45, 7) is 2.08. The number of hydrogen-bond donors (Lipinski definition) is 2. The highest BCUT2D eigenvalue weighted by Crippen LogP contribution is 1.97. The van der Waals surface area contributed by atoms with Crippen LogP contribution in [0, 0.1) is 0 Å². The topological polar surface area (TPSA) is 101 Å². The van der Waals surface area contributed by atoms with Crippen LogP contribution < -0.4 is 4.72 Å². The molecule has 0 bridgehead atoms. The first kappa shape index (κ1) is 13.7. The van der Waals surface area contributed by atoms with Crippen LogP contribution in [0.4, 0.5) is 0 Å². The monoisotopic (exact) mass is 261 g/mol. The van der Waals surface area contributed by atoms with Gasteiger partial charge in [-0.05, 0) is 6.92 Å². The lowest BCUT2D eigenvalue weighted by atomic mass is 10.4. The quantitative estimate of drug-likeness (QED) is 0.661. The van der Waals surface area contributed by atoms with Gasteiger partial charge in [0.1, 0.15) is 0 Å². The molecule has 0 aromatic carbocycles. The van der Waals surface area contributed by atoms with E-state index in [0.717, 1.165) is 5.56 Å². The van der Waals surface area contributed by atoms with Crippen molar-refractivity contribution in [3.63, 3.8) is 0 Å². The van der Waals surface area contributed by atoms with Crippen LogP contribution in [-0.2, 0) is 26.1 Å². The maximum Gasteiger partial charge on any atom is 0.306 e. The van der Waals surface area contributed by atoms with Gasteiger partial charge in [0.15, 0.2) is 0 Å². The van der Waals surface area contributed by atoms with Crippen LogP contribution in [-0.4, -0.2) is 36.9 Å². The number of ether oxygens (including phenoxy) is 1. The fourth-order valence-corrected chi connectivity index (χ4v) is 2.06. The van der Waals surface area contributed by atoms with Gasteiger partial charge in [-0.25, -0.2) is 13.1 Å². The summed E-state index contributed by atoms with van der Waals surface area (Å²) in [5, 5.41) is 6.26. The standard InChI is InChI=1S/C9H15N3O4S/c1-2-16-9(13)3-4-17(14,15)12-7-8-5-10-11-6-8/h5-6,12H,2-4,7H2,1H3,(H,10,11). The molecule has 0 aliphatic carbocycles. The molecule has 0 radical (unpaired) electrons. The Labute approximate surface area is 99.6 Å². The Balaban J connectivity index is 2.33. The van der Waals surface area contributed by atoms with Crippen LogP contribution in [0.5, 0.6) is 0 Å². The predicted octanol–water partition coefficient (Wildman–Crippen LogP) is -0.218. The summed E-state index contributed by atoms with van der Waals surface area (Å²) >= 11 is 0. The average molecular weight is 261 g/mol. The Morgan fingerprint density at radius 1 is 1.59 bits per heavy atom. The lowest BCUT2D eigenvalue weighted by Gasteiger charge is -2.05. The normalized spacial score (nSPS) is 11.4. The summed E-state index contributed by atoms with van der Waals surface area (Å²) in [4.78, 5) is 11.0. The molecule has 8 heteroatoms. The lowest BCUT2D eigenvalue weighted by Crippen LogP contribution is -2.27. The molecule has 0 aliphatic heterocycles. The molecule has 0 aliphatic rings. The van der Waals surface area contributed by atoms with Crippen LogP contribution in [0.1, 0.15) is 18.9 Å². The number of aromatic amines is 1. The first-order valence-electron chi connectivity index (χ1n) is 5.14. The molecule has 2 N–H and O–H groups in total. The number of sulfonamides is 1. The van der Waals surface area contributed by atoms with Gasteiger partial charge in [-0.15, -0.1) is 0 Å². The Hall–Kier alpha value is -1.41. The van der Waals surface area contributed by atoms with E-state index in [0.29, 0.717) is 0 Å². The molecule has 1 rings (SSSR count). The van der Waals surface area contributed by atoms with Crippen molar-refractivity contribution in [2.75, 3.05) is 12.4 Å². The number of carbonyl (C=O) groups excluding carboxylic acids is 1. The lowest BCUT2D eigenvalue weighted by molar-refractivity contribution is -0.142. The highest BCUT2D eigenvalue weighted by Gasteiger charge is 2.13. The zero-order valence-corrected chi connectivity index (χ0v) is 10.3. The van der Waals surface area contributed by atoms with E-state index in [9.17, 15) is 13.2 Å². The number of esters is 1. The van der Waals surface area contributed by atoms with Crippen molar-refractivity contribution in [2.45, 2.75) is 19.9 Å². The second kappa shape index (κ2) is 6.36. The molecule has 7 nitrogen and oxygen atoms in total. The van der Waals surface area contributed by atoms with Crippen molar-refractivity contribution in [3.05, 3.63) is 18.0 Å². The van der Waals surface area contributed by atoms with Gasteiger partial charge < -0.3 is 4.74 Å². The second-order valence-corrected chi connectivity index (χ2v) is 5.23. The number of carbonyl (C=O) groups is 1. The Kier molecular flexibility index (Phi) is 5.11. The summed E-state index contributed by atoms with van der Waals surface area (Å²) in [6, 6.07) is 0. The number of nitrogens with zero attached hydrogens (tertiary/aromatic N) is 1. The van der Waals surface area contributed by atoms with Crippen molar-refractivity contribution >= 4 is 16.0 Å². The molecular formula is C9H15N3O4S. The van der Waals surface area contributed by atoms with E-state index in [4.69, 9.17) is 0 Å². The summed E-state index contributed by atoms with van der Waals surface area (Å²) in [7, 11) is -3.46. The Morgan fingerprint density at radius 3 is 2.94 bits per heavy atom. The largest absolute Gasteiger partial charge is 0.466 e. The Bertz CT molecular complexity index is 441. The second-order valence-electron chi connectivity index (χ2n) is 3.30. The molecule has 1 aromatic rings. The number of nitrogens with one attached hydrogen (secondary N) is 2. The first-order chi connectivity index (χ1) is 8.03. The first-order valence-corrected chi connectivity index (χ1v) is 6.79. The summed E-state index contributed by atoms with van der Waals surface area (Å²) in [5.41, 5.74) is 0.727. The van der Waals surface area contributed by atoms with E-state index in [2.05, 4.69) is 19.7 Å². The van der Waals surface area contributed by atoms with Crippen molar-refractivity contribution in [1.29, 1.82) is 0 Å². The van der Waals surface area contributed by atoms with E-state index >= 15 is 0 Å². The molecule has 0 saturated heterocycles. The van der Waals surface area contributed by atoms with Gasteiger partial charge in [0.05, 0.1) is 25.0 Å². The van der Waals surface area contributed by atoms with Crippen LogP contribution in [0.15, 0.2) is 12.4 Å². The maximum absolute atomic E-state index is 11.5. The highest BCUT2D eigenvalue weighted by atomic mass is 32.2. The van der Waals surface area contributed by atoms with E-state index in [1.54, 1.807) is 13.1 Å². The SMILES string of the molecule is CCOC(=O)CCS(=O)(=O)NCc1cn[nH]c1. The Morgan fingerprint density at radius 2 is 2.35 bits per heavy atom. The fraction of sp³-hybridized carbons (Fsp3) is 0.556. The summed E-state index contributed by atoms with van der Waals surface area (Å²) in [6.07, 6.45) is 2.97. The minimum Gasteiger partial charge on any atom is -0.466 e. The minimum absolute atomic E-state index is 0.144. The van der Waals surface area contributed by atoms with Crippen LogP contribution >= 0.6 is 0 Å². The van der Waals surface area contributed by atoms with E-state index in [1.165, 1.54) is 6.20 Å². The van der Waals surface area contributed by atoms with Crippen LogP contribution in [0.25, 0.3) is 0 Å². The maximum atomic E-state index is 11.5. The van der Waals surface area contributed by atoms with Crippen molar-refractivity contribution in [2.24, 2.45) is 0 Å². The smallest absolute Gasteiger partial charge is 0.306 e. The molecule has 0 atom stereocenters. The number of H-pyrrole nitrogens is 1. The van der Waals surface area contributed by atoms with Gasteiger partial charge in [-0.2, -0.15) is 5.10 Å². The minimum atomic E-state index is -3.46. The molecule has 1 aromatic heterocycles. The molecule has 0 amide bonds. The molecule has 0 unspecified atom stereocenters. The van der Waals surface area contributed by atoms with E-state index in [-0.39, 0.29) is 25.3 Å². The predicted molar refractivity (Wildman–Crippen MR) is 60.5 cm³/mol. The van der Waals surface area contributed by atoms with Gasteiger partial charge in [-0.1, -0.05) is 0 Å². The third-order valence-corrected chi connectivity index (χ3v) is 3.26. The average Bonchev–Trinajstić information content (AvgIpc) is 2.77. The van der Waals surface area contributed by atoms with Gasteiger partial charge in [-0.3, -0.25) is 9.89 Å². The highest BCUT2D eigenvalue weighted by molar-refractivity contribution is 7.89. The molecular weight excluding hydrogens is 246 g/mol. The van der Waals surface area contributed by atoms with Crippen molar-refractivity contribution < 1.29 is 17.9 Å². The van der Waals surface area contributed by atoms with Crippen molar-refractivity contribution in [3.8, 4) is 0 Å². The number of aromatic nitrogens is 2.